The highest BCUT2D eigenvalue weighted by molar-refractivity contribution is 9.10. The maximum absolute atomic E-state index is 4.05. The molecule has 0 aliphatic heterocycles. The zero-order chi connectivity index (χ0) is 13.0. The minimum absolute atomic E-state index is 0.308. The maximum Gasteiger partial charge on any atom is 0.0369 e. The summed E-state index contributed by atoms with van der Waals surface area (Å²) in [6.07, 6.45) is 4.64. The lowest BCUT2D eigenvalue weighted by atomic mass is 9.99. The first-order valence-electron chi connectivity index (χ1n) is 6.03. The molecule has 1 unspecified atom stereocenters. The second kappa shape index (κ2) is 6.12. The van der Waals surface area contributed by atoms with Crippen LogP contribution in [0.1, 0.15) is 22.7 Å². The molecule has 1 N–H and O–H groups in total. The summed E-state index contributed by atoms with van der Waals surface area (Å²) >= 11 is 3.65. The maximum atomic E-state index is 4.05. The van der Waals surface area contributed by atoms with Crippen molar-refractivity contribution in [3.63, 3.8) is 0 Å². The van der Waals surface area contributed by atoms with Gasteiger partial charge < -0.3 is 5.32 Å². The molecule has 3 heteroatoms. The van der Waals surface area contributed by atoms with E-state index in [-0.39, 0.29) is 0 Å². The molecule has 94 valence electrons. The van der Waals surface area contributed by atoms with Crippen molar-refractivity contribution in [2.45, 2.75) is 19.4 Å². The minimum atomic E-state index is 0.308. The summed E-state index contributed by atoms with van der Waals surface area (Å²) in [5.41, 5.74) is 3.85. The number of halogens is 1. The third kappa shape index (κ3) is 3.18. The Hall–Kier alpha value is -1.19. The van der Waals surface area contributed by atoms with Crippen molar-refractivity contribution < 1.29 is 0 Å². The number of likely N-dealkylation sites (N-methyl/N-ethyl adjacent to an activating group) is 1. The van der Waals surface area contributed by atoms with Crippen LogP contribution in [0.5, 0.6) is 0 Å². The molecule has 1 aromatic heterocycles. The molecule has 18 heavy (non-hydrogen) atoms. The number of nitrogens with zero attached hydrogens (tertiary/aromatic N) is 1. The Morgan fingerprint density at radius 3 is 2.56 bits per heavy atom. The second-order valence-electron chi connectivity index (χ2n) is 4.43. The molecule has 0 aliphatic rings. The number of benzene rings is 1. The van der Waals surface area contributed by atoms with Gasteiger partial charge in [0.25, 0.3) is 0 Å². The van der Waals surface area contributed by atoms with Gasteiger partial charge in [0.05, 0.1) is 0 Å². The smallest absolute Gasteiger partial charge is 0.0369 e. The summed E-state index contributed by atoms with van der Waals surface area (Å²) in [5, 5.41) is 3.38. The Morgan fingerprint density at radius 2 is 1.94 bits per heavy atom. The van der Waals surface area contributed by atoms with Crippen LogP contribution in [0.15, 0.2) is 47.2 Å². The third-order valence-corrected chi connectivity index (χ3v) is 3.76. The van der Waals surface area contributed by atoms with E-state index in [9.17, 15) is 0 Å². The van der Waals surface area contributed by atoms with Gasteiger partial charge in [-0.25, -0.2) is 0 Å². The van der Waals surface area contributed by atoms with Crippen molar-refractivity contribution in [3.8, 4) is 0 Å². The van der Waals surface area contributed by atoms with E-state index in [1.54, 1.807) is 0 Å². The zero-order valence-corrected chi connectivity index (χ0v) is 12.2. The number of nitrogens with one attached hydrogen (secondary N) is 1. The first-order valence-corrected chi connectivity index (χ1v) is 6.82. The average Bonchev–Trinajstić information content (AvgIpc) is 2.38. The van der Waals surface area contributed by atoms with E-state index >= 15 is 0 Å². The molecule has 0 aliphatic carbocycles. The Kier molecular flexibility index (Phi) is 4.50. The fourth-order valence-corrected chi connectivity index (χ4v) is 2.81. The lowest BCUT2D eigenvalue weighted by Gasteiger charge is -2.18. The fourth-order valence-electron chi connectivity index (χ4n) is 2.04. The number of rotatable bonds is 4. The first-order chi connectivity index (χ1) is 8.70. The Balaban J connectivity index is 2.23. The standard InChI is InChI=1S/C15H17BrN2/c1-11-3-4-13(14(16)9-11)15(17-2)10-12-5-7-18-8-6-12/h3-9,15,17H,10H2,1-2H3. The number of hydrogen-bond donors (Lipinski definition) is 1. The van der Waals surface area contributed by atoms with Crippen LogP contribution in [0.2, 0.25) is 0 Å². The van der Waals surface area contributed by atoms with E-state index in [4.69, 9.17) is 0 Å². The normalized spacial score (nSPS) is 12.4. The summed E-state index contributed by atoms with van der Waals surface area (Å²) in [4.78, 5) is 4.05. The predicted octanol–water partition coefficient (Wildman–Crippen LogP) is 3.66. The zero-order valence-electron chi connectivity index (χ0n) is 10.7. The van der Waals surface area contributed by atoms with Crippen LogP contribution in [0.4, 0.5) is 0 Å². The molecule has 1 atom stereocenters. The molecule has 2 aromatic rings. The van der Waals surface area contributed by atoms with Crippen LogP contribution in [-0.2, 0) is 6.42 Å². The van der Waals surface area contributed by atoms with E-state index in [1.165, 1.54) is 16.7 Å². The highest BCUT2D eigenvalue weighted by Gasteiger charge is 2.13. The molecule has 0 radical (unpaired) electrons. The lowest BCUT2D eigenvalue weighted by molar-refractivity contribution is 0.589. The summed E-state index contributed by atoms with van der Waals surface area (Å²) in [7, 11) is 2.00. The molecular weight excluding hydrogens is 288 g/mol. The number of aromatic nitrogens is 1. The number of pyridine rings is 1. The molecule has 0 spiro atoms. The van der Waals surface area contributed by atoms with Gasteiger partial charge in [-0.1, -0.05) is 28.1 Å². The molecule has 1 heterocycles. The van der Waals surface area contributed by atoms with E-state index in [0.717, 1.165) is 10.9 Å². The highest BCUT2D eigenvalue weighted by Crippen LogP contribution is 2.26. The van der Waals surface area contributed by atoms with Crippen molar-refractivity contribution in [1.82, 2.24) is 10.3 Å². The summed E-state index contributed by atoms with van der Waals surface area (Å²) < 4.78 is 1.16. The van der Waals surface area contributed by atoms with Crippen molar-refractivity contribution in [2.24, 2.45) is 0 Å². The van der Waals surface area contributed by atoms with Crippen LogP contribution in [0.25, 0.3) is 0 Å². The van der Waals surface area contributed by atoms with Crippen LogP contribution >= 0.6 is 15.9 Å². The Labute approximate surface area is 117 Å². The van der Waals surface area contributed by atoms with Crippen molar-refractivity contribution >= 4 is 15.9 Å². The van der Waals surface area contributed by atoms with Crippen molar-refractivity contribution in [2.75, 3.05) is 7.05 Å². The predicted molar refractivity (Wildman–Crippen MR) is 78.6 cm³/mol. The Bertz CT molecular complexity index is 511. The monoisotopic (exact) mass is 304 g/mol. The fraction of sp³-hybridized carbons (Fsp3) is 0.267. The van der Waals surface area contributed by atoms with Gasteiger partial charge >= 0.3 is 0 Å². The molecule has 0 bridgehead atoms. The van der Waals surface area contributed by atoms with Gasteiger partial charge in [0.1, 0.15) is 0 Å². The van der Waals surface area contributed by atoms with Gasteiger partial charge in [-0.2, -0.15) is 0 Å². The lowest BCUT2D eigenvalue weighted by Crippen LogP contribution is -2.19. The van der Waals surface area contributed by atoms with Crippen LogP contribution < -0.4 is 5.32 Å². The molecule has 0 saturated heterocycles. The summed E-state index contributed by atoms with van der Waals surface area (Å²) in [6.45, 7) is 2.10. The van der Waals surface area contributed by atoms with Crippen LogP contribution in [-0.4, -0.2) is 12.0 Å². The highest BCUT2D eigenvalue weighted by atomic mass is 79.9. The largest absolute Gasteiger partial charge is 0.313 e. The molecule has 0 fully saturated rings. The minimum Gasteiger partial charge on any atom is -0.313 e. The first kappa shape index (κ1) is 13.2. The molecular formula is C15H17BrN2. The van der Waals surface area contributed by atoms with E-state index in [1.807, 2.05) is 19.4 Å². The van der Waals surface area contributed by atoms with E-state index in [2.05, 4.69) is 63.5 Å². The summed E-state index contributed by atoms with van der Waals surface area (Å²) in [6, 6.07) is 10.9. The molecule has 1 aromatic carbocycles. The number of aryl methyl sites for hydroxylation is 1. The quantitative estimate of drug-likeness (QED) is 0.932. The third-order valence-electron chi connectivity index (χ3n) is 3.07. The second-order valence-corrected chi connectivity index (χ2v) is 5.28. The van der Waals surface area contributed by atoms with Gasteiger partial charge in [0, 0.05) is 22.9 Å². The molecule has 0 saturated carbocycles. The van der Waals surface area contributed by atoms with Gasteiger partial charge in [-0.15, -0.1) is 0 Å². The summed E-state index contributed by atoms with van der Waals surface area (Å²) in [5.74, 6) is 0. The van der Waals surface area contributed by atoms with Crippen LogP contribution in [0.3, 0.4) is 0 Å². The SMILES string of the molecule is CNC(Cc1ccncc1)c1ccc(C)cc1Br. The van der Waals surface area contributed by atoms with Gasteiger partial charge in [0.2, 0.25) is 0 Å². The van der Waals surface area contributed by atoms with Gasteiger partial charge in [-0.3, -0.25) is 4.98 Å². The van der Waals surface area contributed by atoms with E-state index < -0.39 is 0 Å². The molecule has 2 rings (SSSR count). The molecule has 0 amide bonds. The van der Waals surface area contributed by atoms with Gasteiger partial charge in [0.15, 0.2) is 0 Å². The van der Waals surface area contributed by atoms with Crippen molar-refractivity contribution in [1.29, 1.82) is 0 Å². The number of hydrogen-bond acceptors (Lipinski definition) is 2. The van der Waals surface area contributed by atoms with E-state index in [0.29, 0.717) is 6.04 Å². The topological polar surface area (TPSA) is 24.9 Å². The van der Waals surface area contributed by atoms with Crippen LogP contribution in [0, 0.1) is 6.92 Å². The van der Waals surface area contributed by atoms with Crippen molar-refractivity contribution in [3.05, 3.63) is 63.9 Å². The average molecular weight is 305 g/mol. The molecule has 2 nitrogen and oxygen atoms in total. The van der Waals surface area contributed by atoms with Gasteiger partial charge in [-0.05, 0) is 55.3 Å². The Morgan fingerprint density at radius 1 is 1.22 bits per heavy atom.